The third kappa shape index (κ3) is 7.01. The summed E-state index contributed by atoms with van der Waals surface area (Å²) >= 11 is 18.1. The smallest absolute Gasteiger partial charge is 0.338 e. The second kappa shape index (κ2) is 12.1. The standard InChI is InChI=1S/C25H18Cl2N4O4S2/c26-18-11-10-17(13-19(18)27)29-24(34)30-31-23(33)21(37-25(31)36)12-15-6-4-5-9-20(15)35-14-22(32)28-16-7-2-1-3-8-16/h1-13H,14H2,(H,28,32)(H2,29,30,34)/b21-12+. The van der Waals surface area contributed by atoms with Crippen LogP contribution < -0.4 is 20.8 Å². The molecule has 8 nitrogen and oxygen atoms in total. The molecule has 1 aliphatic heterocycles. The van der Waals surface area contributed by atoms with Crippen LogP contribution in [0.2, 0.25) is 10.0 Å². The molecule has 0 radical (unpaired) electrons. The number of para-hydroxylation sites is 2. The number of halogens is 2. The van der Waals surface area contributed by atoms with Gasteiger partial charge in [-0.2, -0.15) is 5.01 Å². The summed E-state index contributed by atoms with van der Waals surface area (Å²) in [4.78, 5) is 37.9. The van der Waals surface area contributed by atoms with E-state index in [4.69, 9.17) is 40.2 Å². The number of hydrazine groups is 1. The van der Waals surface area contributed by atoms with Crippen LogP contribution in [-0.2, 0) is 9.59 Å². The van der Waals surface area contributed by atoms with Gasteiger partial charge in [-0.05, 0) is 54.7 Å². The zero-order valence-electron chi connectivity index (χ0n) is 18.9. The molecule has 4 amide bonds. The van der Waals surface area contributed by atoms with Crippen LogP contribution in [0.15, 0.2) is 77.7 Å². The second-order valence-corrected chi connectivity index (χ2v) is 9.94. The first kappa shape index (κ1) is 26.5. The highest BCUT2D eigenvalue weighted by molar-refractivity contribution is 8.26. The molecule has 188 valence electrons. The predicted molar refractivity (Wildman–Crippen MR) is 151 cm³/mol. The molecule has 1 aliphatic rings. The number of thioether (sulfide) groups is 1. The van der Waals surface area contributed by atoms with Gasteiger partial charge >= 0.3 is 6.03 Å². The molecule has 3 N–H and O–H groups in total. The van der Waals surface area contributed by atoms with Crippen molar-refractivity contribution in [2.75, 3.05) is 17.2 Å². The summed E-state index contributed by atoms with van der Waals surface area (Å²) in [5.74, 6) is -0.443. The van der Waals surface area contributed by atoms with Gasteiger partial charge in [-0.3, -0.25) is 9.59 Å². The maximum Gasteiger partial charge on any atom is 0.338 e. The van der Waals surface area contributed by atoms with Gasteiger partial charge in [0, 0.05) is 16.9 Å². The summed E-state index contributed by atoms with van der Waals surface area (Å²) in [6, 6.07) is 19.8. The lowest BCUT2D eigenvalue weighted by Crippen LogP contribution is -2.46. The maximum absolute atomic E-state index is 13.0. The zero-order chi connectivity index (χ0) is 26.4. The fraction of sp³-hybridized carbons (Fsp3) is 0.0400. The van der Waals surface area contributed by atoms with Gasteiger partial charge in [0.1, 0.15) is 5.75 Å². The van der Waals surface area contributed by atoms with Crippen molar-refractivity contribution in [1.82, 2.24) is 10.4 Å². The van der Waals surface area contributed by atoms with Gasteiger partial charge < -0.3 is 15.4 Å². The van der Waals surface area contributed by atoms with E-state index in [0.717, 1.165) is 16.8 Å². The van der Waals surface area contributed by atoms with E-state index in [9.17, 15) is 14.4 Å². The first-order chi connectivity index (χ1) is 17.8. The number of hydrogen-bond donors (Lipinski definition) is 3. The Bertz CT molecular complexity index is 1400. The monoisotopic (exact) mass is 572 g/mol. The summed E-state index contributed by atoms with van der Waals surface area (Å²) in [6.07, 6.45) is 1.59. The minimum atomic E-state index is -0.691. The Morgan fingerprint density at radius 2 is 1.68 bits per heavy atom. The molecule has 0 spiro atoms. The van der Waals surface area contributed by atoms with Crippen LogP contribution in [0, 0.1) is 0 Å². The normalized spacial score (nSPS) is 14.0. The highest BCUT2D eigenvalue weighted by atomic mass is 35.5. The minimum Gasteiger partial charge on any atom is -0.483 e. The molecular formula is C25H18Cl2N4O4S2. The molecule has 4 rings (SSSR count). The van der Waals surface area contributed by atoms with Crippen LogP contribution in [0.25, 0.3) is 6.08 Å². The Labute approximate surface area is 231 Å². The van der Waals surface area contributed by atoms with Crippen molar-refractivity contribution < 1.29 is 19.1 Å². The number of carbonyl (C=O) groups is 3. The van der Waals surface area contributed by atoms with E-state index in [1.807, 2.05) is 18.2 Å². The molecule has 0 bridgehead atoms. The van der Waals surface area contributed by atoms with E-state index < -0.39 is 11.9 Å². The lowest BCUT2D eigenvalue weighted by atomic mass is 10.2. The Morgan fingerprint density at radius 1 is 0.946 bits per heavy atom. The average molecular weight is 573 g/mol. The van der Waals surface area contributed by atoms with Gasteiger partial charge in [0.25, 0.3) is 11.8 Å². The first-order valence-corrected chi connectivity index (χ1v) is 12.7. The molecule has 1 fully saturated rings. The summed E-state index contributed by atoms with van der Waals surface area (Å²) in [6.45, 7) is -0.225. The third-order valence-corrected chi connectivity index (χ3v) is 6.85. The van der Waals surface area contributed by atoms with Gasteiger partial charge in [-0.1, -0.05) is 71.4 Å². The zero-order valence-corrected chi connectivity index (χ0v) is 22.0. The van der Waals surface area contributed by atoms with Crippen molar-refractivity contribution in [3.63, 3.8) is 0 Å². The van der Waals surface area contributed by atoms with Crippen molar-refractivity contribution in [2.24, 2.45) is 0 Å². The number of carbonyl (C=O) groups excluding carboxylic acids is 3. The van der Waals surface area contributed by atoms with E-state index in [0.29, 0.717) is 27.7 Å². The highest BCUT2D eigenvalue weighted by Gasteiger charge is 2.34. The summed E-state index contributed by atoms with van der Waals surface area (Å²) < 4.78 is 5.84. The number of thiocarbonyl (C=S) groups is 1. The van der Waals surface area contributed by atoms with Gasteiger partial charge in [0.2, 0.25) is 0 Å². The molecule has 12 heteroatoms. The van der Waals surface area contributed by atoms with Crippen LogP contribution in [0.1, 0.15) is 5.56 Å². The highest BCUT2D eigenvalue weighted by Crippen LogP contribution is 2.33. The van der Waals surface area contributed by atoms with Gasteiger partial charge in [-0.15, -0.1) is 0 Å². The predicted octanol–water partition coefficient (Wildman–Crippen LogP) is 5.95. The largest absolute Gasteiger partial charge is 0.483 e. The number of anilines is 2. The molecule has 1 saturated heterocycles. The van der Waals surface area contributed by atoms with Crippen LogP contribution >= 0.6 is 47.2 Å². The number of amides is 4. The first-order valence-electron chi connectivity index (χ1n) is 10.7. The van der Waals surface area contributed by atoms with E-state index in [1.54, 1.807) is 48.5 Å². The van der Waals surface area contributed by atoms with Crippen LogP contribution in [-0.4, -0.2) is 33.8 Å². The second-order valence-electron chi connectivity index (χ2n) is 7.45. The minimum absolute atomic E-state index is 0.140. The number of hydrogen-bond acceptors (Lipinski definition) is 6. The SMILES string of the molecule is O=C(COc1ccccc1/C=C1/SC(=S)N(NC(=O)Nc2ccc(Cl)c(Cl)c2)C1=O)Nc1ccccc1. The van der Waals surface area contributed by atoms with Crippen LogP contribution in [0.4, 0.5) is 16.2 Å². The molecule has 3 aromatic rings. The summed E-state index contributed by atoms with van der Waals surface area (Å²) in [5, 5.41) is 6.89. The van der Waals surface area contributed by atoms with E-state index >= 15 is 0 Å². The molecule has 0 aliphatic carbocycles. The van der Waals surface area contributed by atoms with E-state index in [-0.39, 0.29) is 26.8 Å². The fourth-order valence-corrected chi connectivity index (χ4v) is 4.60. The fourth-order valence-electron chi connectivity index (χ4n) is 3.13. The number of rotatable bonds is 7. The Kier molecular flexibility index (Phi) is 8.67. The quantitative estimate of drug-likeness (QED) is 0.239. The third-order valence-electron chi connectivity index (χ3n) is 4.81. The van der Waals surface area contributed by atoms with Crippen LogP contribution in [0.3, 0.4) is 0 Å². The van der Waals surface area contributed by atoms with Gasteiger partial charge in [0.05, 0.1) is 15.0 Å². The van der Waals surface area contributed by atoms with Crippen molar-refractivity contribution >= 4 is 86.8 Å². The Morgan fingerprint density at radius 3 is 2.43 bits per heavy atom. The molecule has 37 heavy (non-hydrogen) atoms. The average Bonchev–Trinajstić information content (AvgIpc) is 3.13. The van der Waals surface area contributed by atoms with E-state index in [1.165, 1.54) is 12.1 Å². The number of urea groups is 1. The van der Waals surface area contributed by atoms with Gasteiger partial charge in [-0.25, -0.2) is 10.2 Å². The Hall–Kier alpha value is -3.57. The van der Waals surface area contributed by atoms with Crippen molar-refractivity contribution in [3.05, 3.63) is 93.3 Å². The van der Waals surface area contributed by atoms with Crippen molar-refractivity contribution in [2.45, 2.75) is 0 Å². The number of nitrogens with one attached hydrogen (secondary N) is 3. The molecule has 0 unspecified atom stereocenters. The molecule has 0 saturated carbocycles. The molecule has 0 aromatic heterocycles. The van der Waals surface area contributed by atoms with E-state index in [2.05, 4.69) is 16.1 Å². The maximum atomic E-state index is 13.0. The topological polar surface area (TPSA) is 99.8 Å². The lowest BCUT2D eigenvalue weighted by Gasteiger charge is -2.16. The molecular weight excluding hydrogens is 555 g/mol. The van der Waals surface area contributed by atoms with Crippen LogP contribution in [0.5, 0.6) is 5.75 Å². The van der Waals surface area contributed by atoms with Gasteiger partial charge in [0.15, 0.2) is 10.9 Å². The summed E-state index contributed by atoms with van der Waals surface area (Å²) in [5.41, 5.74) is 4.03. The summed E-state index contributed by atoms with van der Waals surface area (Å²) in [7, 11) is 0. The van der Waals surface area contributed by atoms with Crippen molar-refractivity contribution in [1.29, 1.82) is 0 Å². The lowest BCUT2D eigenvalue weighted by molar-refractivity contribution is -0.123. The Balaban J connectivity index is 1.40. The molecule has 3 aromatic carbocycles. The van der Waals surface area contributed by atoms with Crippen molar-refractivity contribution in [3.8, 4) is 5.75 Å². The number of nitrogens with zero attached hydrogens (tertiary/aromatic N) is 1. The molecule has 0 atom stereocenters. The number of ether oxygens (including phenoxy) is 1. The number of benzene rings is 3. The molecule has 1 heterocycles.